The van der Waals surface area contributed by atoms with E-state index >= 15 is 0 Å². The monoisotopic (exact) mass is 2020 g/mol. The Morgan fingerprint density at radius 2 is 0.792 bits per heavy atom. The number of methoxy groups -OCH3 is 5. The lowest BCUT2D eigenvalue weighted by Gasteiger charge is -2.19. The van der Waals surface area contributed by atoms with Gasteiger partial charge in [0.15, 0.2) is 17.3 Å². The van der Waals surface area contributed by atoms with Crippen LogP contribution in [0, 0.1) is 11.3 Å². The van der Waals surface area contributed by atoms with Gasteiger partial charge >= 0.3 is 29.8 Å². The van der Waals surface area contributed by atoms with Gasteiger partial charge in [0.2, 0.25) is 23.6 Å². The third kappa shape index (κ3) is 29.2. The molecule has 2 unspecified atom stereocenters. The Morgan fingerprint density at radius 3 is 1.15 bits per heavy atom. The number of benzene rings is 6. The molecule has 12 N–H and O–H groups in total. The van der Waals surface area contributed by atoms with Gasteiger partial charge in [0.25, 0.3) is 5.91 Å². The van der Waals surface area contributed by atoms with E-state index in [1.54, 1.807) is 132 Å². The second-order valence-electron chi connectivity index (χ2n) is 25.9. The highest BCUT2D eigenvalue weighted by molar-refractivity contribution is 9.11. The Hall–Kier alpha value is -12.7. The molecule has 0 aliphatic carbocycles. The van der Waals surface area contributed by atoms with Crippen molar-refractivity contribution in [3.05, 3.63) is 294 Å². The Balaban J connectivity index is 0.000000210. The van der Waals surface area contributed by atoms with Gasteiger partial charge in [0, 0.05) is 67.1 Å². The number of carbonyl (C=O) groups excluding carboxylic acids is 13. The van der Waals surface area contributed by atoms with E-state index in [-0.39, 0.29) is 111 Å². The minimum Gasteiger partial charge on any atom is -0.465 e. The fraction of sp³-hybridized carbons (Fsp3) is 0.180. The average Bonchev–Trinajstić information content (AvgIpc) is 1.66. The van der Waals surface area contributed by atoms with Crippen molar-refractivity contribution >= 4 is 231 Å². The number of halogens is 2. The summed E-state index contributed by atoms with van der Waals surface area (Å²) in [7, 11) is 6.59. The Labute approximate surface area is 790 Å². The summed E-state index contributed by atoms with van der Waals surface area (Å²) < 4.78 is 24.9. The number of nitrogens with zero attached hydrogens (tertiary/aromatic N) is 4. The molecular weight excluding hydrogens is 1940 g/mol. The van der Waals surface area contributed by atoms with Crippen molar-refractivity contribution in [1.29, 1.82) is 5.26 Å². The second-order valence-corrected chi connectivity index (χ2v) is 35.9. The Morgan fingerprint density at radius 1 is 0.462 bits per heavy atom. The van der Waals surface area contributed by atoms with E-state index in [9.17, 15) is 62.3 Å². The van der Waals surface area contributed by atoms with Crippen LogP contribution in [0.3, 0.4) is 0 Å². The summed E-state index contributed by atoms with van der Waals surface area (Å²) in [5, 5.41) is 54.4. The van der Waals surface area contributed by atoms with Gasteiger partial charge < -0.3 is 66.6 Å². The predicted molar refractivity (Wildman–Crippen MR) is 513 cm³/mol. The number of hydrogen-bond donors (Lipinski definition) is 10. The molecular formula is C89H83Br2N11O21S7. The van der Waals surface area contributed by atoms with Crippen LogP contribution in [0.25, 0.3) is 0 Å². The van der Waals surface area contributed by atoms with Crippen molar-refractivity contribution in [3.63, 3.8) is 0 Å². The first-order chi connectivity index (χ1) is 61.5. The van der Waals surface area contributed by atoms with E-state index in [0.717, 1.165) is 67.4 Å². The van der Waals surface area contributed by atoms with Crippen molar-refractivity contribution in [2.24, 2.45) is 20.7 Å². The minimum atomic E-state index is -0.579. The number of esters is 5. The number of carbonyl (C=O) groups is 13. The van der Waals surface area contributed by atoms with Gasteiger partial charge in [-0.2, -0.15) is 5.26 Å². The van der Waals surface area contributed by atoms with Crippen molar-refractivity contribution in [3.8, 4) is 6.07 Å². The van der Waals surface area contributed by atoms with Gasteiger partial charge in [-0.1, -0.05) is 87.6 Å². The third-order valence-electron chi connectivity index (χ3n) is 17.6. The number of anilines is 5. The summed E-state index contributed by atoms with van der Waals surface area (Å²) in [5.41, 5.74) is 23.9. The molecule has 2 atom stereocenters. The number of aliphatic hydroxyl groups excluding tert-OH is 2. The number of nitrogens with two attached hydrogens (primary N) is 2. The minimum absolute atomic E-state index is 0. The lowest BCUT2D eigenvalue weighted by Crippen LogP contribution is -2.22. The first-order valence-electron chi connectivity index (χ1n) is 37.2. The number of hydroxylamine groups is 1. The third-order valence-corrected chi connectivity index (χ3v) is 25.6. The van der Waals surface area contributed by atoms with Crippen molar-refractivity contribution in [1.82, 2.24) is 5.48 Å². The van der Waals surface area contributed by atoms with Crippen LogP contribution in [0.15, 0.2) is 215 Å². The fourth-order valence-corrected chi connectivity index (χ4v) is 18.6. The van der Waals surface area contributed by atoms with Crippen molar-refractivity contribution in [2.75, 3.05) is 100 Å². The normalized spacial score (nSPS) is 13.5. The maximum absolute atomic E-state index is 12.5. The summed E-state index contributed by atoms with van der Waals surface area (Å²) in [6.45, 7) is 0.0647. The summed E-state index contributed by atoms with van der Waals surface area (Å²) >= 11 is 16.6. The van der Waals surface area contributed by atoms with E-state index in [1.165, 1.54) is 152 Å². The standard InChI is InChI=1S/C15H11BrN2O3S.C15H14N2O4S.C15H12N2O3S.C14H10BrN3O3S.C13H11NO3S.C11H9NO3.C4H8O2S2.2CH4/c1-21-15(20)9-4-2-8(3-5-9)13-10-6-11(16)22-14(10)18-12(19)7-17-13;1-21-15(20)10-4-2-9(3-5-10)13(19)11-6-7-22-14(11)17-12(18)8-16;1-20-15(19)10-4-2-9(3-5-10)13-11-6-7-21-14(11)17-12(18)8-16-13;15-10-5-9-12(16-6-11(19)17-14(9)22-10)7-1-3-8(4-2-7)13(20)18-21;1-17-13(16)9-4-2-8(3-5-9)11(15)10-6-7-18-12(10)14;1-15-11(14)9-4-2-8(3-5-9)10(13)6-7-12;5-3-1-7-4(6)2-8-3;;/h2-6H,7H2,1H3,(H,18,19);2-7H,8,16H2,1H3,(H,17,18);2-7H,8H2,1H3,(H,17,18);1-5,21H,6H2,(H,17,19)(H,18,20);2-7H,14H2,1H3;2-5H,6H2,1H3;3-6H,1-2H2;2*1H4. The molecule has 41 heteroatoms. The number of thioether (sulfide) groups is 2. The van der Waals surface area contributed by atoms with Crippen LogP contribution in [-0.2, 0) is 42.9 Å². The lowest BCUT2D eigenvalue weighted by atomic mass is 10.0. The summed E-state index contributed by atoms with van der Waals surface area (Å²) in [6.07, 6.45) is -0.155. The summed E-state index contributed by atoms with van der Waals surface area (Å²) in [4.78, 5) is 163. The quantitative estimate of drug-likeness (QED) is 0.0133. The van der Waals surface area contributed by atoms with E-state index in [1.807, 2.05) is 35.7 Å². The topological polar surface area (TPSA) is 502 Å². The van der Waals surface area contributed by atoms with E-state index in [0.29, 0.717) is 88.4 Å². The first kappa shape index (κ1) is 104. The molecule has 6 aromatic carbocycles. The van der Waals surface area contributed by atoms with Crippen LogP contribution in [0.2, 0.25) is 0 Å². The number of nitriles is 1. The molecule has 32 nitrogen and oxygen atoms in total. The predicted octanol–water partition coefficient (Wildman–Crippen LogP) is 14.8. The molecule has 0 radical (unpaired) electrons. The SMILES string of the molecule is C.C.COC(=O)c1ccc(C(=O)CC#N)cc1.COC(=O)c1ccc(C(=O)c2ccsc2N)cc1.COC(=O)c1ccc(C(=O)c2ccsc2NC(=O)CN)cc1.COC(=O)c1ccc(C2=NCC(=O)Nc3sc(Br)cc32)cc1.COC(=O)c1ccc(C2=NCC(=O)Nc3sccc32)cc1.O=C1CN=C(c2ccc(C(=O)NO)cc2)c2cc(Br)sc2N1.OC1CSC(O)CS1. The van der Waals surface area contributed by atoms with Gasteiger partial charge in [-0.25, -0.2) is 29.5 Å². The molecule has 11 aromatic rings. The molecule has 1 fully saturated rings. The zero-order valence-corrected chi connectivity index (χ0v) is 76.7. The van der Waals surface area contributed by atoms with Crippen LogP contribution < -0.4 is 38.2 Å². The zero-order valence-electron chi connectivity index (χ0n) is 67.8. The largest absolute Gasteiger partial charge is 0.465 e. The van der Waals surface area contributed by atoms with Gasteiger partial charge in [-0.15, -0.1) is 80.2 Å². The number of fused-ring (bicyclic) bond motifs is 3. The summed E-state index contributed by atoms with van der Waals surface area (Å²) in [5.74, 6) is -2.81. The second kappa shape index (κ2) is 51.5. The number of Topliss-reactive ketones (excluding diaryl/α,β-unsaturated/α-hetero) is 1. The molecule has 9 heterocycles. The number of nitrogens with one attached hydrogen (secondary N) is 5. The highest BCUT2D eigenvalue weighted by Crippen LogP contribution is 2.38. The molecule has 15 rings (SSSR count). The molecule has 0 saturated carbocycles. The Kier molecular flexibility index (Phi) is 41.4. The molecule has 5 amide bonds. The number of aliphatic hydroxyl groups is 2. The maximum atomic E-state index is 12.5. The first-order valence-corrected chi connectivity index (χ1v) is 45.2. The van der Waals surface area contributed by atoms with Crippen LogP contribution in [0.5, 0.6) is 0 Å². The maximum Gasteiger partial charge on any atom is 0.337 e. The average molecular weight is 2030 g/mol. The van der Waals surface area contributed by atoms with Gasteiger partial charge in [0.1, 0.15) is 50.5 Å². The number of rotatable bonds is 17. The van der Waals surface area contributed by atoms with Crippen LogP contribution in [0.4, 0.5) is 25.0 Å². The van der Waals surface area contributed by atoms with Crippen molar-refractivity contribution < 1.29 is 101 Å². The number of nitrogen functional groups attached to an aromatic ring is 1. The summed E-state index contributed by atoms with van der Waals surface area (Å²) in [6, 6.07) is 49.9. The smallest absolute Gasteiger partial charge is 0.337 e. The number of hydrogen-bond acceptors (Lipinski definition) is 34. The van der Waals surface area contributed by atoms with Crippen LogP contribution in [0.1, 0.15) is 159 Å². The molecule has 676 valence electrons. The molecule has 0 spiro atoms. The highest BCUT2D eigenvalue weighted by atomic mass is 79.9. The number of ketones is 3. The lowest BCUT2D eigenvalue weighted by molar-refractivity contribution is -0.115. The van der Waals surface area contributed by atoms with Crippen molar-refractivity contribution in [2.45, 2.75) is 32.1 Å². The van der Waals surface area contributed by atoms with Gasteiger partial charge in [0.05, 0.1) is 123 Å². The van der Waals surface area contributed by atoms with Crippen LogP contribution in [-0.4, -0.2) is 193 Å². The zero-order chi connectivity index (χ0) is 92.7. The number of amides is 5. The van der Waals surface area contributed by atoms with E-state index < -0.39 is 23.8 Å². The number of aliphatic imine (C=N–C) groups is 3. The molecule has 130 heavy (non-hydrogen) atoms. The Bertz CT molecular complexity index is 5900. The highest BCUT2D eigenvalue weighted by Gasteiger charge is 2.26. The fourth-order valence-electron chi connectivity index (χ4n) is 11.3. The molecule has 4 aliphatic heterocycles. The number of thiophene rings is 5. The van der Waals surface area contributed by atoms with E-state index in [4.69, 9.17) is 32.1 Å². The molecule has 4 aliphatic rings. The van der Waals surface area contributed by atoms with Gasteiger partial charge in [-0.3, -0.25) is 58.5 Å². The van der Waals surface area contributed by atoms with E-state index in [2.05, 4.69) is 91.8 Å². The molecule has 0 bridgehead atoms. The molecule has 1 saturated heterocycles. The number of ether oxygens (including phenoxy) is 5. The van der Waals surface area contributed by atoms with Crippen LogP contribution >= 0.6 is 112 Å². The van der Waals surface area contributed by atoms with Gasteiger partial charge in [-0.05, 0) is 151 Å². The molecule has 5 aromatic heterocycles.